The van der Waals surface area contributed by atoms with Crippen molar-refractivity contribution in [2.24, 2.45) is 0 Å². The highest BCUT2D eigenvalue weighted by Crippen LogP contribution is 2.57. The van der Waals surface area contributed by atoms with E-state index < -0.39 is 0 Å². The van der Waals surface area contributed by atoms with Crippen LogP contribution in [0, 0.1) is 0 Å². The molecule has 0 aliphatic carbocycles. The summed E-state index contributed by atoms with van der Waals surface area (Å²) < 4.78 is 0. The lowest BCUT2D eigenvalue weighted by Crippen LogP contribution is -2.23. The summed E-state index contributed by atoms with van der Waals surface area (Å²) >= 11 is 3.92. The first kappa shape index (κ1) is 18.2. The summed E-state index contributed by atoms with van der Waals surface area (Å²) in [6.07, 6.45) is 0. The van der Waals surface area contributed by atoms with Crippen molar-refractivity contribution in [2.45, 2.75) is 5.16 Å². The molecule has 0 amide bonds. The minimum Gasteiger partial charge on any atom is -0.0625 e. The number of benzene rings is 4. The van der Waals surface area contributed by atoms with Gasteiger partial charge in [-0.1, -0.05) is 131 Å². The number of hydrogen-bond donors (Lipinski definition) is 0. The third-order valence-corrected chi connectivity index (χ3v) is 7.89. The van der Waals surface area contributed by atoms with Gasteiger partial charge in [0.05, 0.1) is 5.16 Å². The second-order valence-electron chi connectivity index (χ2n) is 6.49. The van der Waals surface area contributed by atoms with Crippen LogP contribution < -0.4 is 0 Å². The number of halogens is 1. The first-order valence-corrected chi connectivity index (χ1v) is 12.3. The van der Waals surface area contributed by atoms with Gasteiger partial charge in [-0.05, 0) is 35.1 Å². The first-order chi connectivity index (χ1) is 13.4. The van der Waals surface area contributed by atoms with Crippen molar-refractivity contribution in [3.05, 3.63) is 132 Å². The lowest BCUT2D eigenvalue weighted by molar-refractivity contribution is 0.897. The molecule has 0 fully saturated rings. The molecule has 4 rings (SSSR count). The van der Waals surface area contributed by atoms with Gasteiger partial charge in [0, 0.05) is 0 Å². The van der Waals surface area contributed by atoms with Gasteiger partial charge in [0.2, 0.25) is 0 Å². The van der Waals surface area contributed by atoms with E-state index >= 15 is 0 Å². The van der Waals surface area contributed by atoms with E-state index in [9.17, 15) is 0 Å². The van der Waals surface area contributed by atoms with Crippen LogP contribution in [-0.4, -0.2) is 0 Å². The van der Waals surface area contributed by atoms with Crippen LogP contribution >= 0.6 is 22.8 Å². The van der Waals surface area contributed by atoms with Crippen LogP contribution in [0.25, 0.3) is 11.1 Å². The molecule has 0 aliphatic rings. The molecular formula is C25H20BrP. The lowest BCUT2D eigenvalue weighted by Gasteiger charge is -2.35. The van der Waals surface area contributed by atoms with Crippen LogP contribution in [0.5, 0.6) is 0 Å². The molecular weight excluding hydrogens is 411 g/mol. The maximum atomic E-state index is 3.92. The molecule has 0 saturated carbocycles. The average Bonchev–Trinajstić information content (AvgIpc) is 2.77. The van der Waals surface area contributed by atoms with E-state index in [-0.39, 0.29) is 5.16 Å². The summed E-state index contributed by atoms with van der Waals surface area (Å²) in [6.45, 7) is 0. The van der Waals surface area contributed by atoms with Gasteiger partial charge in [-0.15, -0.1) is 0 Å². The average molecular weight is 431 g/mol. The van der Waals surface area contributed by atoms with E-state index in [0.717, 1.165) is 0 Å². The van der Waals surface area contributed by atoms with Gasteiger partial charge >= 0.3 is 0 Å². The molecule has 1 atom stereocenters. The zero-order chi connectivity index (χ0) is 18.5. The molecule has 0 N–H and O–H groups in total. The second-order valence-corrected chi connectivity index (χ2v) is 8.62. The predicted molar refractivity (Wildman–Crippen MR) is 122 cm³/mol. The number of rotatable bonds is 5. The first-order valence-electron chi connectivity index (χ1n) is 9.00. The van der Waals surface area contributed by atoms with Crippen LogP contribution in [0.4, 0.5) is 0 Å². The van der Waals surface area contributed by atoms with E-state index in [0.29, 0.717) is 7.28 Å². The van der Waals surface area contributed by atoms with Crippen molar-refractivity contribution in [3.8, 4) is 11.1 Å². The Labute approximate surface area is 170 Å². The molecule has 4 aromatic carbocycles. The summed E-state index contributed by atoms with van der Waals surface area (Å²) in [5.74, 6) is 0. The summed E-state index contributed by atoms with van der Waals surface area (Å²) in [6, 6.07) is 41.1. The Morgan fingerprint density at radius 2 is 0.963 bits per heavy atom. The Balaban J connectivity index is 2.05. The van der Waals surface area contributed by atoms with Gasteiger partial charge in [0.15, 0.2) is 0 Å². The second kappa shape index (κ2) is 8.21. The Bertz CT molecular complexity index is 958. The molecule has 2 heteroatoms. The molecule has 132 valence electrons. The normalized spacial score (nSPS) is 11.7. The Morgan fingerprint density at radius 1 is 0.519 bits per heavy atom. The van der Waals surface area contributed by atoms with Crippen LogP contribution in [0.2, 0.25) is 0 Å². The Hall–Kier alpha value is -2.21. The van der Waals surface area contributed by atoms with Crippen LogP contribution in [0.3, 0.4) is 0 Å². The molecule has 0 bridgehead atoms. The Kier molecular flexibility index (Phi) is 5.53. The summed E-state index contributed by atoms with van der Waals surface area (Å²) in [4.78, 5) is 0. The molecule has 4 aromatic rings. The quantitative estimate of drug-likeness (QED) is 0.225. The highest BCUT2D eigenvalue weighted by atomic mass is 79.9. The van der Waals surface area contributed by atoms with Gasteiger partial charge in [0.1, 0.15) is 0 Å². The van der Waals surface area contributed by atoms with Crippen molar-refractivity contribution in [3.63, 3.8) is 0 Å². The minimum absolute atomic E-state index is 0.241. The fraction of sp³-hybridized carbons (Fsp3) is 0.0400. The van der Waals surface area contributed by atoms with Crippen LogP contribution in [0.1, 0.15) is 16.7 Å². The fourth-order valence-corrected chi connectivity index (χ4v) is 6.58. The molecule has 1 unspecified atom stereocenters. The highest BCUT2D eigenvalue weighted by molar-refractivity contribution is 9.36. The largest absolute Gasteiger partial charge is 0.0728 e. The van der Waals surface area contributed by atoms with Gasteiger partial charge in [-0.3, -0.25) is 0 Å². The van der Waals surface area contributed by atoms with Crippen molar-refractivity contribution >= 4 is 22.8 Å². The SMILES string of the molecule is BrPC(c1ccccc1)(c1ccccc1)c1ccccc1-c1ccccc1. The molecule has 0 aliphatic heterocycles. The highest BCUT2D eigenvalue weighted by Gasteiger charge is 2.37. The van der Waals surface area contributed by atoms with Crippen molar-refractivity contribution in [2.75, 3.05) is 0 Å². The van der Waals surface area contributed by atoms with Gasteiger partial charge in [0.25, 0.3) is 0 Å². The van der Waals surface area contributed by atoms with E-state index in [4.69, 9.17) is 0 Å². The van der Waals surface area contributed by atoms with Gasteiger partial charge in [-0.2, -0.15) is 0 Å². The summed E-state index contributed by atoms with van der Waals surface area (Å²) in [5.41, 5.74) is 6.45. The number of hydrogen-bond acceptors (Lipinski definition) is 0. The molecule has 0 radical (unpaired) electrons. The third kappa shape index (κ3) is 3.38. The monoisotopic (exact) mass is 430 g/mol. The Morgan fingerprint density at radius 3 is 1.48 bits per heavy atom. The van der Waals surface area contributed by atoms with Crippen molar-refractivity contribution in [1.82, 2.24) is 0 Å². The molecule has 27 heavy (non-hydrogen) atoms. The van der Waals surface area contributed by atoms with Gasteiger partial charge < -0.3 is 0 Å². The van der Waals surface area contributed by atoms with E-state index in [1.807, 2.05) is 0 Å². The summed E-state index contributed by atoms with van der Waals surface area (Å²) in [5, 5.41) is -0.241. The summed E-state index contributed by atoms with van der Waals surface area (Å²) in [7, 11) is 0.505. The molecule has 0 heterocycles. The van der Waals surface area contributed by atoms with Crippen LogP contribution in [0.15, 0.2) is 115 Å². The molecule has 0 nitrogen and oxygen atoms in total. The standard InChI is InChI=1S/C25H20BrP/c26-27-25(21-14-6-2-7-15-21,22-16-8-3-9-17-22)24-19-11-10-18-23(24)20-12-4-1-5-13-20/h1-19,27H. The third-order valence-electron chi connectivity index (χ3n) is 4.97. The zero-order valence-corrected chi connectivity index (χ0v) is 17.4. The van der Waals surface area contributed by atoms with Crippen molar-refractivity contribution in [1.29, 1.82) is 0 Å². The van der Waals surface area contributed by atoms with E-state index in [1.165, 1.54) is 27.8 Å². The van der Waals surface area contributed by atoms with Gasteiger partial charge in [-0.25, -0.2) is 0 Å². The molecule has 0 aromatic heterocycles. The zero-order valence-electron chi connectivity index (χ0n) is 14.8. The minimum atomic E-state index is -0.241. The maximum absolute atomic E-state index is 3.92. The fourth-order valence-electron chi connectivity index (χ4n) is 3.69. The smallest absolute Gasteiger partial charge is 0.0625 e. The van der Waals surface area contributed by atoms with E-state index in [1.54, 1.807) is 0 Å². The molecule has 0 spiro atoms. The van der Waals surface area contributed by atoms with Crippen LogP contribution in [-0.2, 0) is 5.16 Å². The predicted octanol–water partition coefficient (Wildman–Crippen LogP) is 7.63. The maximum Gasteiger partial charge on any atom is 0.0728 e. The lowest BCUT2D eigenvalue weighted by atomic mass is 9.80. The van der Waals surface area contributed by atoms with E-state index in [2.05, 4.69) is 131 Å². The molecule has 0 saturated heterocycles. The topological polar surface area (TPSA) is 0 Å². The van der Waals surface area contributed by atoms with Crippen molar-refractivity contribution < 1.29 is 0 Å².